The van der Waals surface area contributed by atoms with Gasteiger partial charge in [-0.1, -0.05) is 6.42 Å². The number of ether oxygens (including phenoxy) is 1. The van der Waals surface area contributed by atoms with Crippen LogP contribution in [0, 0.1) is 5.41 Å². The fraction of sp³-hybridized carbons (Fsp3) is 0.818. The summed E-state index contributed by atoms with van der Waals surface area (Å²) in [7, 11) is -3.65. The van der Waals surface area contributed by atoms with E-state index in [9.17, 15) is 18.0 Å². The third kappa shape index (κ3) is 4.46. The summed E-state index contributed by atoms with van der Waals surface area (Å²) in [6, 6.07) is 0. The van der Waals surface area contributed by atoms with Crippen LogP contribution in [0.15, 0.2) is 0 Å². The molecule has 7 nitrogen and oxygen atoms in total. The van der Waals surface area contributed by atoms with Crippen LogP contribution in [0.4, 0.5) is 0 Å². The van der Waals surface area contributed by atoms with Crippen molar-refractivity contribution in [3.05, 3.63) is 0 Å². The fourth-order valence-corrected chi connectivity index (χ4v) is 2.92. The Hall–Kier alpha value is -1.15. The minimum atomic E-state index is -3.65. The lowest BCUT2D eigenvalue weighted by Crippen LogP contribution is -2.48. The second-order valence-corrected chi connectivity index (χ2v) is 6.56. The van der Waals surface area contributed by atoms with E-state index < -0.39 is 27.4 Å². The predicted octanol–water partition coefficient (Wildman–Crippen LogP) is 0.114. The minimum Gasteiger partial charge on any atom is -0.481 e. The summed E-state index contributed by atoms with van der Waals surface area (Å²) < 4.78 is 30.2. The number of sulfonamides is 1. The zero-order chi connectivity index (χ0) is 14.5. The number of esters is 1. The molecule has 0 unspecified atom stereocenters. The summed E-state index contributed by atoms with van der Waals surface area (Å²) in [6.07, 6.45) is 1.51. The maximum atomic E-state index is 11.6. The Morgan fingerprint density at radius 2 is 2.00 bits per heavy atom. The number of hydrogen-bond donors (Lipinski definition) is 2. The molecule has 0 radical (unpaired) electrons. The first-order chi connectivity index (χ1) is 8.81. The van der Waals surface area contributed by atoms with Crippen molar-refractivity contribution in [3.8, 4) is 0 Å². The number of nitrogens with one attached hydrogen (secondary N) is 1. The molecule has 1 rings (SSSR count). The normalized spacial score (nSPS) is 17.5. The maximum Gasteiger partial charge on any atom is 0.310 e. The van der Waals surface area contributed by atoms with Gasteiger partial charge in [0.05, 0.1) is 24.2 Å². The summed E-state index contributed by atoms with van der Waals surface area (Å²) in [4.78, 5) is 22.1. The van der Waals surface area contributed by atoms with Crippen molar-refractivity contribution in [2.24, 2.45) is 5.41 Å². The maximum absolute atomic E-state index is 11.6. The average Bonchev–Trinajstić information content (AvgIpc) is 2.25. The fourth-order valence-electron chi connectivity index (χ4n) is 1.84. The highest BCUT2D eigenvalue weighted by atomic mass is 32.2. The van der Waals surface area contributed by atoms with Gasteiger partial charge in [0.15, 0.2) is 0 Å². The number of aliphatic carboxylic acids is 1. The van der Waals surface area contributed by atoms with Crippen LogP contribution in [0.5, 0.6) is 0 Å². The molecule has 0 saturated heterocycles. The number of carbonyl (C=O) groups excluding carboxylic acids is 1. The Kier molecular flexibility index (Phi) is 5.30. The smallest absolute Gasteiger partial charge is 0.310 e. The van der Waals surface area contributed by atoms with Gasteiger partial charge in [-0.2, -0.15) is 0 Å². The highest BCUT2D eigenvalue weighted by Crippen LogP contribution is 2.40. The lowest BCUT2D eigenvalue weighted by molar-refractivity contribution is -0.153. The third-order valence-electron chi connectivity index (χ3n) is 3.28. The number of carboxylic acids is 1. The van der Waals surface area contributed by atoms with E-state index >= 15 is 0 Å². The zero-order valence-electron chi connectivity index (χ0n) is 10.8. The average molecular weight is 293 g/mol. The molecule has 19 heavy (non-hydrogen) atoms. The summed E-state index contributed by atoms with van der Waals surface area (Å²) in [5.41, 5.74) is -0.975. The van der Waals surface area contributed by atoms with Gasteiger partial charge in [0, 0.05) is 6.54 Å². The van der Waals surface area contributed by atoms with Crippen molar-refractivity contribution in [1.29, 1.82) is 0 Å². The highest BCUT2D eigenvalue weighted by Gasteiger charge is 2.44. The molecule has 8 heteroatoms. The number of carbonyl (C=O) groups is 2. The molecule has 0 bridgehead atoms. The van der Waals surface area contributed by atoms with Gasteiger partial charge in [-0.05, 0) is 19.8 Å². The largest absolute Gasteiger partial charge is 0.481 e. The molecule has 0 aromatic carbocycles. The van der Waals surface area contributed by atoms with Gasteiger partial charge in [0.25, 0.3) is 0 Å². The first kappa shape index (κ1) is 15.9. The number of rotatable bonds is 8. The third-order valence-corrected chi connectivity index (χ3v) is 4.60. The van der Waals surface area contributed by atoms with E-state index in [1.807, 2.05) is 0 Å². The van der Waals surface area contributed by atoms with Crippen LogP contribution in [-0.2, 0) is 24.3 Å². The molecule has 0 spiro atoms. The van der Waals surface area contributed by atoms with Crippen LogP contribution >= 0.6 is 0 Å². The Balaban J connectivity index is 2.42. The van der Waals surface area contributed by atoms with Crippen LogP contribution in [-0.4, -0.2) is 44.4 Å². The number of carboxylic acid groups (broad SMARTS) is 1. The molecule has 0 aromatic rings. The van der Waals surface area contributed by atoms with Crippen LogP contribution in [0.2, 0.25) is 0 Å². The van der Waals surface area contributed by atoms with Gasteiger partial charge in [-0.25, -0.2) is 13.1 Å². The summed E-state index contributed by atoms with van der Waals surface area (Å²) in [6.45, 7) is 1.72. The SMILES string of the molecule is CCOC(=O)CCS(=O)(=O)NCC1(C(=O)O)CCC1. The lowest BCUT2D eigenvalue weighted by Gasteiger charge is -2.37. The molecule has 0 heterocycles. The van der Waals surface area contributed by atoms with Gasteiger partial charge in [0.1, 0.15) is 0 Å². The van der Waals surface area contributed by atoms with Crippen LogP contribution in [0.3, 0.4) is 0 Å². The van der Waals surface area contributed by atoms with Crippen molar-refractivity contribution in [1.82, 2.24) is 4.72 Å². The van der Waals surface area contributed by atoms with Crippen LogP contribution < -0.4 is 4.72 Å². The van der Waals surface area contributed by atoms with Gasteiger partial charge in [-0.3, -0.25) is 9.59 Å². The standard InChI is InChI=1S/C11H19NO6S/c1-2-18-9(13)4-7-19(16,17)12-8-11(10(14)15)5-3-6-11/h12H,2-8H2,1H3,(H,14,15). The zero-order valence-corrected chi connectivity index (χ0v) is 11.7. The van der Waals surface area contributed by atoms with E-state index in [4.69, 9.17) is 5.11 Å². The summed E-state index contributed by atoms with van der Waals surface area (Å²) in [5, 5.41) is 9.06. The Bertz CT molecular complexity index is 440. The molecule has 0 aliphatic heterocycles. The first-order valence-electron chi connectivity index (χ1n) is 6.18. The highest BCUT2D eigenvalue weighted by molar-refractivity contribution is 7.89. The van der Waals surface area contributed by atoms with Crippen molar-refractivity contribution >= 4 is 22.0 Å². The molecule has 0 amide bonds. The van der Waals surface area contributed by atoms with Crippen molar-refractivity contribution in [2.45, 2.75) is 32.6 Å². The van der Waals surface area contributed by atoms with E-state index in [0.29, 0.717) is 12.8 Å². The predicted molar refractivity (Wildman–Crippen MR) is 67.0 cm³/mol. The Morgan fingerprint density at radius 1 is 1.37 bits per heavy atom. The summed E-state index contributed by atoms with van der Waals surface area (Å²) in [5.74, 6) is -1.95. The molecular formula is C11H19NO6S. The molecule has 0 aromatic heterocycles. The van der Waals surface area contributed by atoms with E-state index in [0.717, 1.165) is 6.42 Å². The van der Waals surface area contributed by atoms with E-state index in [-0.39, 0.29) is 25.3 Å². The molecular weight excluding hydrogens is 274 g/mol. The van der Waals surface area contributed by atoms with Crippen LogP contribution in [0.25, 0.3) is 0 Å². The van der Waals surface area contributed by atoms with E-state index in [1.165, 1.54) is 0 Å². The molecule has 1 fully saturated rings. The van der Waals surface area contributed by atoms with Gasteiger partial charge < -0.3 is 9.84 Å². The second kappa shape index (κ2) is 6.33. The molecule has 1 saturated carbocycles. The molecule has 110 valence electrons. The lowest BCUT2D eigenvalue weighted by atomic mass is 9.69. The number of hydrogen-bond acceptors (Lipinski definition) is 5. The minimum absolute atomic E-state index is 0.118. The van der Waals surface area contributed by atoms with Gasteiger partial charge in [-0.15, -0.1) is 0 Å². The quantitative estimate of drug-likeness (QED) is 0.615. The van der Waals surface area contributed by atoms with Crippen molar-refractivity contribution in [3.63, 3.8) is 0 Å². The van der Waals surface area contributed by atoms with Crippen molar-refractivity contribution < 1.29 is 27.9 Å². The van der Waals surface area contributed by atoms with E-state index in [1.54, 1.807) is 6.92 Å². The molecule has 1 aliphatic rings. The molecule has 0 atom stereocenters. The Morgan fingerprint density at radius 3 is 2.42 bits per heavy atom. The topological polar surface area (TPSA) is 110 Å². The van der Waals surface area contributed by atoms with Gasteiger partial charge >= 0.3 is 11.9 Å². The second-order valence-electron chi connectivity index (χ2n) is 4.63. The first-order valence-corrected chi connectivity index (χ1v) is 7.83. The van der Waals surface area contributed by atoms with Crippen molar-refractivity contribution in [2.75, 3.05) is 18.9 Å². The van der Waals surface area contributed by atoms with E-state index in [2.05, 4.69) is 9.46 Å². The monoisotopic (exact) mass is 293 g/mol. The summed E-state index contributed by atoms with van der Waals surface area (Å²) >= 11 is 0. The molecule has 1 aliphatic carbocycles. The Labute approximate surface area is 112 Å². The van der Waals surface area contributed by atoms with Gasteiger partial charge in [0.2, 0.25) is 10.0 Å². The molecule has 2 N–H and O–H groups in total. The van der Waals surface area contributed by atoms with Crippen LogP contribution in [0.1, 0.15) is 32.6 Å².